The average molecular weight is 794 g/mol. The van der Waals surface area contributed by atoms with Gasteiger partial charge in [-0.15, -0.1) is 0 Å². The number of rotatable bonds is 46. The molecule has 0 radical (unpaired) electrons. The van der Waals surface area contributed by atoms with Gasteiger partial charge in [0.25, 0.3) is 0 Å². The lowest BCUT2D eigenvalue weighted by molar-refractivity contribution is -0.151. The molecule has 0 saturated carbocycles. The third-order valence-electron chi connectivity index (χ3n) is 11.9. The van der Waals surface area contributed by atoms with E-state index in [0.717, 1.165) is 38.5 Å². The van der Waals surface area contributed by atoms with Crippen LogP contribution in [0.5, 0.6) is 0 Å². The van der Waals surface area contributed by atoms with Crippen LogP contribution in [0, 0.1) is 0 Å². The summed E-state index contributed by atoms with van der Waals surface area (Å²) < 4.78 is 5.93. The maximum Gasteiger partial charge on any atom is 0.306 e. The van der Waals surface area contributed by atoms with Crippen molar-refractivity contribution in [2.24, 2.45) is 0 Å². The molecule has 56 heavy (non-hydrogen) atoms. The van der Waals surface area contributed by atoms with Crippen molar-refractivity contribution >= 4 is 11.9 Å². The Balaban J connectivity index is 4.50. The van der Waals surface area contributed by atoms with E-state index in [-0.39, 0.29) is 24.9 Å². The Hall–Kier alpha value is -1.14. The topological polar surface area (TPSA) is 95.9 Å². The molecule has 0 bridgehead atoms. The van der Waals surface area contributed by atoms with Crippen molar-refractivity contribution < 1.29 is 24.5 Å². The summed E-state index contributed by atoms with van der Waals surface area (Å²) in [6.45, 7) is 6.49. The van der Waals surface area contributed by atoms with Crippen molar-refractivity contribution in [2.75, 3.05) is 6.61 Å². The van der Waals surface area contributed by atoms with Crippen LogP contribution >= 0.6 is 0 Å². The summed E-state index contributed by atoms with van der Waals surface area (Å²) in [6.07, 6.45) is 47.3. The minimum Gasteiger partial charge on any atom is -0.462 e. The lowest BCUT2D eigenvalue weighted by atomic mass is 10.0. The van der Waals surface area contributed by atoms with Gasteiger partial charge < -0.3 is 20.3 Å². The zero-order chi connectivity index (χ0) is 41.0. The van der Waals surface area contributed by atoms with E-state index in [1.807, 2.05) is 0 Å². The first kappa shape index (κ1) is 54.9. The molecule has 0 rings (SSSR count). The molecular weight excluding hydrogens is 695 g/mol. The van der Waals surface area contributed by atoms with Gasteiger partial charge in [0.2, 0.25) is 5.91 Å². The summed E-state index contributed by atoms with van der Waals surface area (Å²) in [6, 6.07) is -0.690. The van der Waals surface area contributed by atoms with E-state index in [4.69, 9.17) is 4.74 Å². The quantitative estimate of drug-likeness (QED) is 0.0421. The molecule has 0 saturated heterocycles. The summed E-state index contributed by atoms with van der Waals surface area (Å²) in [4.78, 5) is 26.1. The molecular formula is C50H99NO5. The third kappa shape index (κ3) is 39.7. The molecule has 334 valence electrons. The van der Waals surface area contributed by atoms with Crippen LogP contribution in [0.25, 0.3) is 0 Å². The molecule has 0 aliphatic heterocycles. The molecule has 0 aliphatic rings. The normalized spacial score (nSPS) is 13.2. The number of ether oxygens (including phenoxy) is 1. The number of carbonyl (C=O) groups excluding carboxylic acids is 2. The van der Waals surface area contributed by atoms with Crippen molar-refractivity contribution in [2.45, 2.75) is 302 Å². The summed E-state index contributed by atoms with van der Waals surface area (Å²) in [7, 11) is 0. The van der Waals surface area contributed by atoms with E-state index < -0.39 is 18.2 Å². The van der Waals surface area contributed by atoms with E-state index >= 15 is 0 Å². The number of nitrogens with one attached hydrogen (secondary N) is 1. The van der Waals surface area contributed by atoms with Crippen LogP contribution in [-0.2, 0) is 14.3 Å². The van der Waals surface area contributed by atoms with Crippen LogP contribution in [0.2, 0.25) is 0 Å². The predicted molar refractivity (Wildman–Crippen MR) is 241 cm³/mol. The highest BCUT2D eigenvalue weighted by Crippen LogP contribution is 2.19. The molecule has 0 aromatic rings. The van der Waals surface area contributed by atoms with Crippen molar-refractivity contribution in [3.8, 4) is 0 Å². The SMILES string of the molecule is CCCCCCCCCCCCCCCCCC(=O)OC(CCCCCCCCCCCCCC)CC(=O)NC(CO)C(O)CCCCCCCCCCCC. The van der Waals surface area contributed by atoms with E-state index in [0.29, 0.717) is 19.3 Å². The molecule has 0 heterocycles. The monoisotopic (exact) mass is 794 g/mol. The van der Waals surface area contributed by atoms with Crippen molar-refractivity contribution in [3.05, 3.63) is 0 Å². The molecule has 0 fully saturated rings. The number of aliphatic hydroxyl groups excluding tert-OH is 2. The largest absolute Gasteiger partial charge is 0.462 e. The molecule has 0 aromatic carbocycles. The molecule has 6 nitrogen and oxygen atoms in total. The average Bonchev–Trinajstić information content (AvgIpc) is 3.19. The van der Waals surface area contributed by atoms with E-state index in [1.165, 1.54) is 199 Å². The van der Waals surface area contributed by atoms with Gasteiger partial charge in [-0.2, -0.15) is 0 Å². The predicted octanol–water partition coefficient (Wildman–Crippen LogP) is 14.8. The Morgan fingerprint density at radius 3 is 1.09 bits per heavy atom. The summed E-state index contributed by atoms with van der Waals surface area (Å²) in [5, 5.41) is 23.7. The van der Waals surface area contributed by atoms with E-state index in [9.17, 15) is 19.8 Å². The van der Waals surface area contributed by atoms with Crippen LogP contribution in [0.3, 0.4) is 0 Å². The van der Waals surface area contributed by atoms with Crippen LogP contribution in [-0.4, -0.2) is 46.9 Å². The number of esters is 1. The first-order valence-electron chi connectivity index (χ1n) is 25.3. The van der Waals surface area contributed by atoms with Gasteiger partial charge >= 0.3 is 5.97 Å². The van der Waals surface area contributed by atoms with Gasteiger partial charge in [0.1, 0.15) is 6.10 Å². The molecule has 1 amide bonds. The van der Waals surface area contributed by atoms with E-state index in [2.05, 4.69) is 26.1 Å². The maximum atomic E-state index is 13.2. The standard InChI is InChI=1S/C50H99NO5/c1-4-7-10-13-16-19-22-24-25-26-28-31-34-37-40-43-50(55)56-46(41-38-35-32-29-27-23-20-17-14-11-8-5-2)44-49(54)51-47(45-52)48(53)42-39-36-33-30-21-18-15-12-9-6-3/h46-48,52-53H,4-45H2,1-3H3,(H,51,54). The molecule has 0 aliphatic carbocycles. The second kappa shape index (κ2) is 45.0. The van der Waals surface area contributed by atoms with Crippen LogP contribution < -0.4 is 5.32 Å². The molecule has 0 spiro atoms. The summed E-state index contributed by atoms with van der Waals surface area (Å²) in [5.74, 6) is -0.453. The van der Waals surface area contributed by atoms with Gasteiger partial charge in [0, 0.05) is 6.42 Å². The number of carbonyl (C=O) groups is 2. The molecule has 6 heteroatoms. The van der Waals surface area contributed by atoms with Crippen LogP contribution in [0.1, 0.15) is 284 Å². The summed E-state index contributed by atoms with van der Waals surface area (Å²) in [5.41, 5.74) is 0. The fourth-order valence-electron chi connectivity index (χ4n) is 8.08. The maximum absolute atomic E-state index is 13.2. The lowest BCUT2D eigenvalue weighted by Crippen LogP contribution is -2.46. The Bertz CT molecular complexity index is 806. The highest BCUT2D eigenvalue weighted by Gasteiger charge is 2.24. The minimum absolute atomic E-state index is 0.0874. The Kier molecular flexibility index (Phi) is 44.0. The van der Waals surface area contributed by atoms with Gasteiger partial charge in [-0.05, 0) is 25.7 Å². The zero-order valence-electron chi connectivity index (χ0n) is 38.0. The van der Waals surface area contributed by atoms with Gasteiger partial charge in [0.05, 0.1) is 25.2 Å². The molecule has 3 unspecified atom stereocenters. The number of amides is 1. The smallest absolute Gasteiger partial charge is 0.306 e. The third-order valence-corrected chi connectivity index (χ3v) is 11.9. The Morgan fingerprint density at radius 1 is 0.446 bits per heavy atom. The number of hydrogen-bond donors (Lipinski definition) is 3. The second-order valence-corrected chi connectivity index (χ2v) is 17.6. The van der Waals surface area contributed by atoms with E-state index in [1.54, 1.807) is 0 Å². The van der Waals surface area contributed by atoms with Gasteiger partial charge in [-0.25, -0.2) is 0 Å². The number of unbranched alkanes of at least 4 members (excludes halogenated alkanes) is 34. The fraction of sp³-hybridized carbons (Fsp3) is 0.960. The second-order valence-electron chi connectivity index (χ2n) is 17.6. The minimum atomic E-state index is -0.777. The van der Waals surface area contributed by atoms with Gasteiger partial charge in [-0.1, -0.05) is 245 Å². The van der Waals surface area contributed by atoms with Crippen molar-refractivity contribution in [3.63, 3.8) is 0 Å². The highest BCUT2D eigenvalue weighted by atomic mass is 16.5. The Morgan fingerprint density at radius 2 is 0.750 bits per heavy atom. The van der Waals surface area contributed by atoms with Gasteiger partial charge in [-0.3, -0.25) is 9.59 Å². The molecule has 3 N–H and O–H groups in total. The highest BCUT2D eigenvalue weighted by molar-refractivity contribution is 5.77. The number of aliphatic hydroxyl groups is 2. The first-order valence-corrected chi connectivity index (χ1v) is 25.3. The first-order chi connectivity index (χ1) is 27.5. The summed E-state index contributed by atoms with van der Waals surface area (Å²) >= 11 is 0. The lowest BCUT2D eigenvalue weighted by Gasteiger charge is -2.24. The van der Waals surface area contributed by atoms with Crippen LogP contribution in [0.4, 0.5) is 0 Å². The van der Waals surface area contributed by atoms with Gasteiger partial charge in [0.15, 0.2) is 0 Å². The molecule has 3 atom stereocenters. The zero-order valence-corrected chi connectivity index (χ0v) is 38.0. The van der Waals surface area contributed by atoms with Crippen molar-refractivity contribution in [1.82, 2.24) is 5.32 Å². The molecule has 0 aromatic heterocycles. The Labute approximate surface area is 349 Å². The van der Waals surface area contributed by atoms with Crippen molar-refractivity contribution in [1.29, 1.82) is 0 Å². The fourth-order valence-corrected chi connectivity index (χ4v) is 8.08. The number of hydrogen-bond acceptors (Lipinski definition) is 5. The van der Waals surface area contributed by atoms with Crippen LogP contribution in [0.15, 0.2) is 0 Å².